The summed E-state index contributed by atoms with van der Waals surface area (Å²) in [5.41, 5.74) is 3.52. The largest absolute Gasteiger partial charge is 0.341 e. The number of hydrogen-bond donors (Lipinski definition) is 1. The molecule has 33 heavy (non-hydrogen) atoms. The highest BCUT2D eigenvalue weighted by atomic mass is 16.2. The highest BCUT2D eigenvalue weighted by Gasteiger charge is 2.26. The number of fused-ring (bicyclic) bond motifs is 1. The quantitative estimate of drug-likeness (QED) is 0.626. The van der Waals surface area contributed by atoms with Crippen molar-refractivity contribution in [2.45, 2.75) is 45.6 Å². The molecule has 174 valence electrons. The molecule has 0 saturated carbocycles. The van der Waals surface area contributed by atoms with Crippen molar-refractivity contribution in [3.8, 4) is 0 Å². The molecule has 0 aromatic carbocycles. The van der Waals surface area contributed by atoms with Crippen LogP contribution in [0.1, 0.15) is 53.8 Å². The Morgan fingerprint density at radius 1 is 1.09 bits per heavy atom. The molecule has 0 unspecified atom stereocenters. The Kier molecular flexibility index (Phi) is 6.53. The fourth-order valence-corrected chi connectivity index (χ4v) is 5.10. The second kappa shape index (κ2) is 9.87. The van der Waals surface area contributed by atoms with Crippen LogP contribution in [0.3, 0.4) is 0 Å². The molecule has 2 aliphatic rings. The van der Waals surface area contributed by atoms with Crippen LogP contribution in [0.4, 0.5) is 5.95 Å². The number of amides is 1. The smallest absolute Gasteiger partial charge is 0.274 e. The van der Waals surface area contributed by atoms with Crippen LogP contribution in [-0.4, -0.2) is 62.9 Å². The van der Waals surface area contributed by atoms with Crippen LogP contribution < -0.4 is 10.2 Å². The zero-order valence-electron chi connectivity index (χ0n) is 19.4. The van der Waals surface area contributed by atoms with Gasteiger partial charge in [-0.3, -0.25) is 4.79 Å². The highest BCUT2D eigenvalue weighted by molar-refractivity contribution is 5.94. The first-order chi connectivity index (χ1) is 16.2. The first-order valence-electron chi connectivity index (χ1n) is 12.2. The molecule has 2 saturated heterocycles. The summed E-state index contributed by atoms with van der Waals surface area (Å²) in [6, 6.07) is 5.94. The van der Waals surface area contributed by atoms with Crippen LogP contribution in [-0.2, 0) is 6.54 Å². The van der Waals surface area contributed by atoms with Crippen molar-refractivity contribution >= 4 is 17.5 Å². The molecule has 3 aromatic rings. The Balaban J connectivity index is 1.30. The van der Waals surface area contributed by atoms with E-state index < -0.39 is 0 Å². The van der Waals surface area contributed by atoms with Gasteiger partial charge in [0, 0.05) is 57.9 Å². The van der Waals surface area contributed by atoms with Gasteiger partial charge in [-0.1, -0.05) is 6.07 Å². The van der Waals surface area contributed by atoms with Crippen molar-refractivity contribution in [2.75, 3.05) is 37.6 Å². The van der Waals surface area contributed by atoms with Crippen LogP contribution in [0.5, 0.6) is 0 Å². The molecule has 8 heteroatoms. The third-order valence-corrected chi connectivity index (χ3v) is 6.87. The van der Waals surface area contributed by atoms with E-state index in [0.29, 0.717) is 18.2 Å². The highest BCUT2D eigenvalue weighted by Crippen LogP contribution is 2.22. The van der Waals surface area contributed by atoms with Gasteiger partial charge in [-0.25, -0.2) is 15.0 Å². The van der Waals surface area contributed by atoms with Crippen molar-refractivity contribution in [2.24, 2.45) is 5.92 Å². The molecular weight excluding hydrogens is 414 g/mol. The van der Waals surface area contributed by atoms with Crippen molar-refractivity contribution in [3.63, 3.8) is 0 Å². The number of aryl methyl sites for hydroxylation is 1. The number of anilines is 1. The van der Waals surface area contributed by atoms with Gasteiger partial charge in [-0.05, 0) is 62.6 Å². The number of imidazole rings is 1. The van der Waals surface area contributed by atoms with E-state index in [2.05, 4.69) is 37.6 Å². The number of rotatable bonds is 6. The number of pyridine rings is 1. The summed E-state index contributed by atoms with van der Waals surface area (Å²) in [4.78, 5) is 31.3. The summed E-state index contributed by atoms with van der Waals surface area (Å²) in [7, 11) is 0. The third kappa shape index (κ3) is 4.71. The second-order valence-corrected chi connectivity index (χ2v) is 9.28. The molecule has 1 amide bonds. The predicted octanol–water partition coefficient (Wildman–Crippen LogP) is 3.07. The Morgan fingerprint density at radius 2 is 1.91 bits per heavy atom. The van der Waals surface area contributed by atoms with E-state index in [1.54, 1.807) is 12.4 Å². The van der Waals surface area contributed by atoms with E-state index in [1.165, 1.54) is 12.8 Å². The SMILES string of the molecule is Cc1cccn2c(CNC[C@H]3CCCN(c4ncccn4)C3)c(C(=O)N3CCCCC3)nc12. The average Bonchev–Trinajstić information content (AvgIpc) is 3.25. The van der Waals surface area contributed by atoms with Crippen molar-refractivity contribution in [1.29, 1.82) is 0 Å². The lowest BCUT2D eigenvalue weighted by molar-refractivity contribution is 0.0717. The van der Waals surface area contributed by atoms with Crippen molar-refractivity contribution < 1.29 is 4.79 Å². The maximum atomic E-state index is 13.4. The number of carbonyl (C=O) groups is 1. The summed E-state index contributed by atoms with van der Waals surface area (Å²) in [5.74, 6) is 1.40. The fourth-order valence-electron chi connectivity index (χ4n) is 5.10. The Hall–Kier alpha value is -3.00. The van der Waals surface area contributed by atoms with Gasteiger partial charge in [0.25, 0.3) is 5.91 Å². The summed E-state index contributed by atoms with van der Waals surface area (Å²) in [5, 5.41) is 3.64. The van der Waals surface area contributed by atoms with Gasteiger partial charge >= 0.3 is 0 Å². The van der Waals surface area contributed by atoms with Gasteiger partial charge in [-0.15, -0.1) is 0 Å². The first kappa shape index (κ1) is 21.8. The minimum absolute atomic E-state index is 0.0691. The third-order valence-electron chi connectivity index (χ3n) is 6.87. The monoisotopic (exact) mass is 447 g/mol. The van der Waals surface area contributed by atoms with Gasteiger partial charge in [0.15, 0.2) is 5.69 Å². The first-order valence-corrected chi connectivity index (χ1v) is 12.2. The summed E-state index contributed by atoms with van der Waals surface area (Å²) < 4.78 is 2.09. The Morgan fingerprint density at radius 3 is 2.73 bits per heavy atom. The van der Waals surface area contributed by atoms with Gasteiger partial charge < -0.3 is 19.5 Å². The lowest BCUT2D eigenvalue weighted by Crippen LogP contribution is -2.40. The summed E-state index contributed by atoms with van der Waals surface area (Å²) >= 11 is 0. The molecule has 8 nitrogen and oxygen atoms in total. The maximum Gasteiger partial charge on any atom is 0.274 e. The number of carbonyl (C=O) groups excluding carboxylic acids is 1. The number of nitrogens with one attached hydrogen (secondary N) is 1. The molecule has 2 aliphatic heterocycles. The van der Waals surface area contributed by atoms with Gasteiger partial charge in [0.2, 0.25) is 5.95 Å². The summed E-state index contributed by atoms with van der Waals surface area (Å²) in [6.45, 7) is 7.18. The van der Waals surface area contributed by atoms with Crippen molar-refractivity contribution in [3.05, 3.63) is 53.7 Å². The molecule has 3 aromatic heterocycles. The van der Waals surface area contributed by atoms with E-state index in [0.717, 1.165) is 74.8 Å². The van der Waals surface area contributed by atoms with Crippen molar-refractivity contribution in [1.82, 2.24) is 29.6 Å². The zero-order valence-corrected chi connectivity index (χ0v) is 19.4. The van der Waals surface area contributed by atoms with Gasteiger partial charge in [0.05, 0.1) is 5.69 Å². The van der Waals surface area contributed by atoms with Crippen LogP contribution >= 0.6 is 0 Å². The molecular formula is C25H33N7O. The van der Waals surface area contributed by atoms with E-state index >= 15 is 0 Å². The average molecular weight is 448 g/mol. The number of aromatic nitrogens is 4. The fraction of sp³-hybridized carbons (Fsp3) is 0.520. The molecule has 0 spiro atoms. The van der Waals surface area contributed by atoms with Crippen LogP contribution in [0.2, 0.25) is 0 Å². The van der Waals surface area contributed by atoms with Crippen LogP contribution in [0.15, 0.2) is 36.8 Å². The van der Waals surface area contributed by atoms with E-state index in [4.69, 9.17) is 4.98 Å². The number of nitrogens with zero attached hydrogens (tertiary/aromatic N) is 6. The molecule has 2 fully saturated rings. The van der Waals surface area contributed by atoms with Crippen LogP contribution in [0, 0.1) is 12.8 Å². The molecule has 1 N–H and O–H groups in total. The topological polar surface area (TPSA) is 78.7 Å². The Bertz CT molecular complexity index is 1090. The number of likely N-dealkylation sites (tertiary alicyclic amines) is 1. The molecule has 0 bridgehead atoms. The minimum atomic E-state index is 0.0691. The Labute approximate surface area is 195 Å². The zero-order chi connectivity index (χ0) is 22.6. The normalized spacial score (nSPS) is 19.2. The molecule has 5 rings (SSSR count). The second-order valence-electron chi connectivity index (χ2n) is 9.28. The minimum Gasteiger partial charge on any atom is -0.341 e. The lowest BCUT2D eigenvalue weighted by atomic mass is 9.98. The van der Waals surface area contributed by atoms with E-state index in [9.17, 15) is 4.79 Å². The molecule has 0 aliphatic carbocycles. The molecule has 1 atom stereocenters. The van der Waals surface area contributed by atoms with Crippen LogP contribution in [0.25, 0.3) is 5.65 Å². The standard InChI is InChI=1S/C25H33N7O/c1-19-8-5-15-32-21(22(29-23(19)32)24(33)30-12-3-2-4-13-30)17-26-16-20-9-6-14-31(18-20)25-27-10-7-11-28-25/h5,7-8,10-11,15,20,26H,2-4,6,9,12-14,16-18H2,1H3/t20-/m1/s1. The van der Waals surface area contributed by atoms with E-state index in [1.807, 2.05) is 23.2 Å². The summed E-state index contributed by atoms with van der Waals surface area (Å²) in [6.07, 6.45) is 11.3. The number of piperidine rings is 2. The maximum absolute atomic E-state index is 13.4. The predicted molar refractivity (Wildman–Crippen MR) is 128 cm³/mol. The lowest BCUT2D eigenvalue weighted by Gasteiger charge is -2.32. The van der Waals surface area contributed by atoms with Gasteiger partial charge in [0.1, 0.15) is 5.65 Å². The van der Waals surface area contributed by atoms with Gasteiger partial charge in [-0.2, -0.15) is 0 Å². The van der Waals surface area contributed by atoms with E-state index in [-0.39, 0.29) is 5.91 Å². The molecule has 0 radical (unpaired) electrons. The number of hydrogen-bond acceptors (Lipinski definition) is 6. The molecule has 5 heterocycles.